The van der Waals surface area contributed by atoms with Gasteiger partial charge in [-0.05, 0) is 48.6 Å². The fraction of sp³-hybridized carbons (Fsp3) is 0.333. The number of halogens is 1. The molecule has 0 spiro atoms. The van der Waals surface area contributed by atoms with E-state index in [0.29, 0.717) is 35.0 Å². The van der Waals surface area contributed by atoms with Gasteiger partial charge in [0.15, 0.2) is 0 Å². The van der Waals surface area contributed by atoms with Crippen LogP contribution in [0.1, 0.15) is 74.5 Å². The average molecular weight is 602 g/mol. The van der Waals surface area contributed by atoms with Crippen molar-refractivity contribution in [2.24, 2.45) is 0 Å². The molecule has 1 unspecified atom stereocenters. The first-order chi connectivity index (χ1) is 20.9. The van der Waals surface area contributed by atoms with Gasteiger partial charge in [0.1, 0.15) is 0 Å². The summed E-state index contributed by atoms with van der Waals surface area (Å²) in [5.41, 5.74) is 4.13. The predicted octanol–water partition coefficient (Wildman–Crippen LogP) is 8.00. The molecule has 3 aromatic carbocycles. The maximum absolute atomic E-state index is 14.0. The number of ether oxygens (including phenoxy) is 2. The van der Waals surface area contributed by atoms with E-state index in [0.717, 1.165) is 36.8 Å². The molecule has 1 heterocycles. The highest BCUT2D eigenvalue weighted by molar-refractivity contribution is 6.30. The normalized spacial score (nSPS) is 15.0. The summed E-state index contributed by atoms with van der Waals surface area (Å²) in [7, 11) is 0. The number of carboxylic acids is 1. The van der Waals surface area contributed by atoms with Gasteiger partial charge in [-0.3, -0.25) is 0 Å². The lowest BCUT2D eigenvalue weighted by Gasteiger charge is -2.31. The summed E-state index contributed by atoms with van der Waals surface area (Å²) in [6, 6.07) is 27.2. The topological polar surface area (TPSA) is 84.9 Å². The van der Waals surface area contributed by atoms with Gasteiger partial charge in [0, 0.05) is 23.2 Å². The summed E-state index contributed by atoms with van der Waals surface area (Å²) >= 11 is 6.33. The van der Waals surface area contributed by atoms with Crippen molar-refractivity contribution in [3.8, 4) is 0 Å². The van der Waals surface area contributed by atoms with E-state index in [1.165, 1.54) is 0 Å². The zero-order chi connectivity index (χ0) is 30.6. The van der Waals surface area contributed by atoms with Crippen LogP contribution in [-0.2, 0) is 19.1 Å². The molecular weight excluding hydrogens is 562 g/mol. The minimum atomic E-state index is -1.12. The number of carboxylic acid groups (broad SMARTS) is 1. The molecule has 0 saturated carbocycles. The highest BCUT2D eigenvalue weighted by Crippen LogP contribution is 2.40. The Hall–Kier alpha value is -3.87. The first kappa shape index (κ1) is 32.1. The lowest BCUT2D eigenvalue weighted by atomic mass is 9.80. The maximum atomic E-state index is 14.0. The van der Waals surface area contributed by atoms with Crippen molar-refractivity contribution in [2.45, 2.75) is 57.8 Å². The van der Waals surface area contributed by atoms with Crippen molar-refractivity contribution in [1.82, 2.24) is 5.32 Å². The molecule has 0 aromatic heterocycles. The Kier molecular flexibility index (Phi) is 12.0. The quantitative estimate of drug-likeness (QED) is 0.136. The van der Waals surface area contributed by atoms with Gasteiger partial charge < -0.3 is 19.9 Å². The van der Waals surface area contributed by atoms with Crippen LogP contribution in [0, 0.1) is 0 Å². The van der Waals surface area contributed by atoms with Crippen LogP contribution in [0.2, 0.25) is 5.02 Å². The summed E-state index contributed by atoms with van der Waals surface area (Å²) in [4.78, 5) is 26.5. The molecule has 1 atom stereocenters. The van der Waals surface area contributed by atoms with Crippen molar-refractivity contribution in [3.05, 3.63) is 129 Å². The second-order valence-electron chi connectivity index (χ2n) is 10.8. The predicted molar refractivity (Wildman–Crippen MR) is 170 cm³/mol. The minimum Gasteiger partial charge on any atom is -0.478 e. The number of benzene rings is 3. The lowest BCUT2D eigenvalue weighted by Crippen LogP contribution is -2.34. The number of unbranched alkanes of at least 4 members (excludes halogenated alkanes) is 3. The number of aliphatic carboxylic acids is 1. The van der Waals surface area contributed by atoms with Gasteiger partial charge in [-0.1, -0.05) is 111 Å². The largest absolute Gasteiger partial charge is 0.478 e. The van der Waals surface area contributed by atoms with Crippen LogP contribution < -0.4 is 5.32 Å². The molecule has 4 rings (SSSR count). The number of hydrogen-bond donors (Lipinski definition) is 2. The van der Waals surface area contributed by atoms with Crippen LogP contribution in [0.15, 0.2) is 107 Å². The Balaban J connectivity index is 1.62. The van der Waals surface area contributed by atoms with Crippen LogP contribution in [0.3, 0.4) is 0 Å². The Labute approximate surface area is 259 Å². The smallest absolute Gasteiger partial charge is 0.336 e. The zero-order valence-corrected chi connectivity index (χ0v) is 25.6. The Morgan fingerprint density at radius 3 is 2.16 bits per heavy atom. The van der Waals surface area contributed by atoms with E-state index in [9.17, 15) is 14.7 Å². The first-order valence-corrected chi connectivity index (χ1v) is 15.3. The number of hydrogen-bond acceptors (Lipinski definition) is 5. The van der Waals surface area contributed by atoms with Crippen LogP contribution in [0.4, 0.5) is 0 Å². The monoisotopic (exact) mass is 601 g/mol. The fourth-order valence-electron chi connectivity index (χ4n) is 5.60. The molecule has 226 valence electrons. The van der Waals surface area contributed by atoms with Crippen LogP contribution in [-0.4, -0.2) is 36.9 Å². The van der Waals surface area contributed by atoms with Crippen molar-refractivity contribution in [3.63, 3.8) is 0 Å². The van der Waals surface area contributed by atoms with Gasteiger partial charge in [-0.15, -0.1) is 0 Å². The summed E-state index contributed by atoms with van der Waals surface area (Å²) in [6.45, 7) is 4.68. The summed E-state index contributed by atoms with van der Waals surface area (Å²) in [5, 5.41) is 13.9. The van der Waals surface area contributed by atoms with Gasteiger partial charge in [-0.25, -0.2) is 9.59 Å². The van der Waals surface area contributed by atoms with Gasteiger partial charge in [0.05, 0.1) is 36.0 Å². The van der Waals surface area contributed by atoms with Gasteiger partial charge in [0.2, 0.25) is 0 Å². The van der Waals surface area contributed by atoms with Gasteiger partial charge >= 0.3 is 11.9 Å². The van der Waals surface area contributed by atoms with Crippen LogP contribution in [0.25, 0.3) is 0 Å². The molecule has 0 radical (unpaired) electrons. The van der Waals surface area contributed by atoms with Crippen molar-refractivity contribution in [2.75, 3.05) is 19.8 Å². The molecule has 0 bridgehead atoms. The average Bonchev–Trinajstić information content (AvgIpc) is 3.01. The standard InChI is InChI=1S/C36H40ClNO5/c1-3-4-5-12-21-42-24-31-34(33(28-18-13-19-29(37)23-28)32(35(39)40)25(2)38-31)36(41)43-22-20-30(26-14-8-6-9-15-26)27-16-10-7-11-17-27/h6-11,13-19,23,30,33,38H,3-5,12,20-22,24H2,1-2H3,(H,39,40). The summed E-state index contributed by atoms with van der Waals surface area (Å²) in [6.07, 6.45) is 4.80. The molecule has 1 aliphatic heterocycles. The highest BCUT2D eigenvalue weighted by Gasteiger charge is 2.38. The number of allylic oxidation sites excluding steroid dienone is 1. The Morgan fingerprint density at radius 2 is 1.56 bits per heavy atom. The highest BCUT2D eigenvalue weighted by atomic mass is 35.5. The number of esters is 1. The number of carbonyl (C=O) groups is 2. The van der Waals surface area contributed by atoms with E-state index >= 15 is 0 Å². The molecule has 0 fully saturated rings. The molecule has 0 amide bonds. The molecule has 0 saturated heterocycles. The summed E-state index contributed by atoms with van der Waals surface area (Å²) < 4.78 is 11.9. The number of dihydropyridines is 1. The molecule has 3 aromatic rings. The maximum Gasteiger partial charge on any atom is 0.336 e. The van der Waals surface area contributed by atoms with E-state index < -0.39 is 17.9 Å². The minimum absolute atomic E-state index is 0.0278. The van der Waals surface area contributed by atoms with Gasteiger partial charge in [-0.2, -0.15) is 0 Å². The molecule has 2 N–H and O–H groups in total. The third-order valence-electron chi connectivity index (χ3n) is 7.71. The van der Waals surface area contributed by atoms with Crippen molar-refractivity contribution >= 4 is 23.5 Å². The number of nitrogens with one attached hydrogen (secondary N) is 1. The molecule has 7 heteroatoms. The van der Waals surface area contributed by atoms with Crippen molar-refractivity contribution in [1.29, 1.82) is 0 Å². The summed E-state index contributed by atoms with van der Waals surface area (Å²) in [5.74, 6) is -2.54. The SMILES string of the molecule is CCCCCCOCC1=C(C(=O)OCCC(c2ccccc2)c2ccccc2)C(c2cccc(Cl)c2)C(C(=O)O)=C(C)N1. The second kappa shape index (κ2) is 16.1. The number of rotatable bonds is 15. The first-order valence-electron chi connectivity index (χ1n) is 14.9. The van der Waals surface area contributed by atoms with Crippen LogP contribution in [0.5, 0.6) is 0 Å². The van der Waals surface area contributed by atoms with Crippen LogP contribution >= 0.6 is 11.6 Å². The van der Waals surface area contributed by atoms with E-state index in [4.69, 9.17) is 21.1 Å². The van der Waals surface area contributed by atoms with E-state index in [1.807, 2.05) is 36.4 Å². The molecule has 0 aliphatic carbocycles. The third-order valence-corrected chi connectivity index (χ3v) is 7.94. The number of carbonyl (C=O) groups excluding carboxylic acids is 1. The molecule has 6 nitrogen and oxygen atoms in total. The Morgan fingerprint density at radius 1 is 0.884 bits per heavy atom. The fourth-order valence-corrected chi connectivity index (χ4v) is 5.80. The van der Waals surface area contributed by atoms with Gasteiger partial charge in [0.25, 0.3) is 0 Å². The van der Waals surface area contributed by atoms with E-state index in [-0.39, 0.29) is 30.3 Å². The van der Waals surface area contributed by atoms with E-state index in [1.54, 1.807) is 31.2 Å². The second-order valence-corrected chi connectivity index (χ2v) is 11.2. The zero-order valence-electron chi connectivity index (χ0n) is 24.9. The van der Waals surface area contributed by atoms with E-state index in [2.05, 4.69) is 36.5 Å². The molecule has 1 aliphatic rings. The molecular formula is C36H40ClNO5. The van der Waals surface area contributed by atoms with Crippen molar-refractivity contribution < 1.29 is 24.2 Å². The lowest BCUT2D eigenvalue weighted by molar-refractivity contribution is -0.139. The third kappa shape index (κ3) is 8.59. The molecule has 43 heavy (non-hydrogen) atoms. The Bertz CT molecular complexity index is 1390.